The molecule has 3 aliphatic carbocycles. The Hall–Kier alpha value is -1.02. The summed E-state index contributed by atoms with van der Waals surface area (Å²) in [4.78, 5) is 0. The van der Waals surface area contributed by atoms with E-state index >= 15 is 0 Å². The van der Waals surface area contributed by atoms with E-state index in [9.17, 15) is 0 Å². The topological polar surface area (TPSA) is 35.2 Å². The molecule has 3 aliphatic rings. The normalized spacial score (nSPS) is 41.1. The summed E-state index contributed by atoms with van der Waals surface area (Å²) in [7, 11) is 1.76. The molecule has 2 heteroatoms. The molecule has 0 saturated heterocycles. The van der Waals surface area contributed by atoms with Crippen LogP contribution in [0.5, 0.6) is 5.75 Å². The molecule has 1 aromatic rings. The molecule has 0 aromatic heterocycles. The van der Waals surface area contributed by atoms with E-state index in [1.807, 2.05) is 0 Å². The lowest BCUT2D eigenvalue weighted by atomic mass is 9.55. The van der Waals surface area contributed by atoms with E-state index in [2.05, 4.69) is 25.1 Å². The summed E-state index contributed by atoms with van der Waals surface area (Å²) in [6, 6.07) is 7.18. The lowest BCUT2D eigenvalue weighted by molar-refractivity contribution is 0.0496. The summed E-state index contributed by atoms with van der Waals surface area (Å²) < 4.78 is 5.40. The first-order valence-electron chi connectivity index (χ1n) is 8.56. The van der Waals surface area contributed by atoms with Crippen LogP contribution in [0.3, 0.4) is 0 Å². The molecule has 21 heavy (non-hydrogen) atoms. The van der Waals surface area contributed by atoms with E-state index in [0.29, 0.717) is 11.5 Å². The van der Waals surface area contributed by atoms with Crippen molar-refractivity contribution in [1.82, 2.24) is 0 Å². The van der Waals surface area contributed by atoms with Crippen molar-refractivity contribution in [3.63, 3.8) is 0 Å². The van der Waals surface area contributed by atoms with Crippen LogP contribution >= 0.6 is 0 Å². The van der Waals surface area contributed by atoms with Gasteiger partial charge in [0.15, 0.2) is 0 Å². The van der Waals surface area contributed by atoms with E-state index in [1.165, 1.54) is 44.1 Å². The van der Waals surface area contributed by atoms with Crippen molar-refractivity contribution < 1.29 is 4.74 Å². The van der Waals surface area contributed by atoms with Crippen LogP contribution in [0.4, 0.5) is 0 Å². The predicted molar refractivity (Wildman–Crippen MR) is 85.6 cm³/mol. The van der Waals surface area contributed by atoms with Gasteiger partial charge in [-0.2, -0.15) is 0 Å². The van der Waals surface area contributed by atoms with Gasteiger partial charge in [0.25, 0.3) is 0 Å². The number of methoxy groups -OCH3 is 1. The van der Waals surface area contributed by atoms with Crippen LogP contribution in [-0.2, 0) is 6.42 Å². The Balaban J connectivity index is 1.68. The number of benzene rings is 1. The molecular weight excluding hydrogens is 258 g/mol. The van der Waals surface area contributed by atoms with Crippen LogP contribution in [-0.4, -0.2) is 13.2 Å². The van der Waals surface area contributed by atoms with Gasteiger partial charge in [-0.25, -0.2) is 0 Å². The first-order chi connectivity index (χ1) is 10.1. The highest BCUT2D eigenvalue weighted by molar-refractivity contribution is 5.40. The van der Waals surface area contributed by atoms with Gasteiger partial charge in [-0.1, -0.05) is 13.0 Å². The summed E-state index contributed by atoms with van der Waals surface area (Å²) in [6.45, 7) is 2.47. The Morgan fingerprint density at radius 3 is 2.86 bits per heavy atom. The number of aryl methyl sites for hydroxylation is 1. The summed E-state index contributed by atoms with van der Waals surface area (Å²) in [5.41, 5.74) is 10.0. The SMILES string of the molecule is COc1ccc2c(c1)CCC1C2CCC2(C)C1CC[C@H]2N. The minimum atomic E-state index is 0.408. The molecule has 2 nitrogen and oxygen atoms in total. The number of fused-ring (bicyclic) bond motifs is 5. The summed E-state index contributed by atoms with van der Waals surface area (Å²) in [5, 5.41) is 0. The molecular formula is C19H27NO. The zero-order valence-corrected chi connectivity index (χ0v) is 13.3. The number of rotatable bonds is 1. The first kappa shape index (κ1) is 13.6. The van der Waals surface area contributed by atoms with Crippen LogP contribution in [0, 0.1) is 17.3 Å². The molecule has 2 fully saturated rings. The fourth-order valence-electron chi connectivity index (χ4n) is 5.73. The molecule has 1 aromatic carbocycles. The van der Waals surface area contributed by atoms with Gasteiger partial charge in [-0.05, 0) is 85.0 Å². The largest absolute Gasteiger partial charge is 0.497 e. The summed E-state index contributed by atoms with van der Waals surface area (Å²) >= 11 is 0. The summed E-state index contributed by atoms with van der Waals surface area (Å²) in [6.07, 6.45) is 7.79. The molecule has 0 heterocycles. The Morgan fingerprint density at radius 2 is 2.05 bits per heavy atom. The Kier molecular flexibility index (Phi) is 3.08. The third-order valence-electron chi connectivity index (χ3n) is 7.01. The van der Waals surface area contributed by atoms with Crippen molar-refractivity contribution >= 4 is 0 Å². The van der Waals surface area contributed by atoms with Crippen LogP contribution in [0.15, 0.2) is 18.2 Å². The van der Waals surface area contributed by atoms with Gasteiger partial charge in [0.2, 0.25) is 0 Å². The zero-order valence-electron chi connectivity index (χ0n) is 13.3. The zero-order chi connectivity index (χ0) is 14.6. The second-order valence-corrected chi connectivity index (χ2v) is 7.71. The molecule has 0 bridgehead atoms. The smallest absolute Gasteiger partial charge is 0.119 e. The first-order valence-corrected chi connectivity index (χ1v) is 8.56. The number of ether oxygens (including phenoxy) is 1. The molecule has 0 aliphatic heterocycles. The van der Waals surface area contributed by atoms with Gasteiger partial charge in [-0.3, -0.25) is 0 Å². The lowest BCUT2D eigenvalue weighted by Crippen LogP contribution is -2.46. The maximum atomic E-state index is 6.46. The van der Waals surface area contributed by atoms with E-state index in [0.717, 1.165) is 23.5 Å². The van der Waals surface area contributed by atoms with Crippen LogP contribution < -0.4 is 10.5 Å². The average Bonchev–Trinajstić information content (AvgIpc) is 2.82. The van der Waals surface area contributed by atoms with Crippen LogP contribution in [0.2, 0.25) is 0 Å². The van der Waals surface area contributed by atoms with Gasteiger partial charge in [-0.15, -0.1) is 0 Å². The van der Waals surface area contributed by atoms with E-state index in [1.54, 1.807) is 12.7 Å². The monoisotopic (exact) mass is 285 g/mol. The third-order valence-corrected chi connectivity index (χ3v) is 7.01. The molecule has 114 valence electrons. The van der Waals surface area contributed by atoms with Crippen molar-refractivity contribution in [1.29, 1.82) is 0 Å². The highest BCUT2D eigenvalue weighted by atomic mass is 16.5. The summed E-state index contributed by atoms with van der Waals surface area (Å²) in [5.74, 6) is 3.48. The molecule has 0 radical (unpaired) electrons. The molecule has 2 N–H and O–H groups in total. The van der Waals surface area contributed by atoms with E-state index in [-0.39, 0.29) is 0 Å². The lowest BCUT2D eigenvalue weighted by Gasteiger charge is -2.50. The minimum absolute atomic E-state index is 0.408. The molecule has 2 saturated carbocycles. The molecule has 0 spiro atoms. The Bertz CT molecular complexity index is 554. The van der Waals surface area contributed by atoms with Crippen molar-refractivity contribution in [2.24, 2.45) is 23.0 Å². The van der Waals surface area contributed by atoms with Crippen LogP contribution in [0.1, 0.15) is 56.1 Å². The van der Waals surface area contributed by atoms with Crippen LogP contribution in [0.25, 0.3) is 0 Å². The van der Waals surface area contributed by atoms with E-state index < -0.39 is 0 Å². The van der Waals surface area contributed by atoms with Gasteiger partial charge in [0.05, 0.1) is 7.11 Å². The van der Waals surface area contributed by atoms with E-state index in [4.69, 9.17) is 10.5 Å². The second-order valence-electron chi connectivity index (χ2n) is 7.71. The number of nitrogens with two attached hydrogens (primary N) is 1. The van der Waals surface area contributed by atoms with Gasteiger partial charge in [0.1, 0.15) is 5.75 Å². The van der Waals surface area contributed by atoms with Gasteiger partial charge in [0, 0.05) is 6.04 Å². The minimum Gasteiger partial charge on any atom is -0.497 e. The third kappa shape index (κ3) is 1.88. The number of hydrogen-bond donors (Lipinski definition) is 1. The fourth-order valence-corrected chi connectivity index (χ4v) is 5.73. The average molecular weight is 285 g/mol. The highest BCUT2D eigenvalue weighted by Crippen LogP contribution is 2.60. The Labute approximate surface area is 128 Å². The highest BCUT2D eigenvalue weighted by Gasteiger charge is 2.53. The van der Waals surface area contributed by atoms with Gasteiger partial charge >= 0.3 is 0 Å². The van der Waals surface area contributed by atoms with Gasteiger partial charge < -0.3 is 10.5 Å². The van der Waals surface area contributed by atoms with Crippen molar-refractivity contribution in [2.75, 3.05) is 7.11 Å². The number of hydrogen-bond acceptors (Lipinski definition) is 2. The van der Waals surface area contributed by atoms with Crippen molar-refractivity contribution in [3.8, 4) is 5.75 Å². The van der Waals surface area contributed by atoms with Crippen molar-refractivity contribution in [3.05, 3.63) is 29.3 Å². The standard InChI is InChI=1S/C19H27NO/c1-19-10-9-15-14-6-4-13(21-2)11-12(14)3-5-16(15)17(19)7-8-18(19)20/h4,6,11,15-18H,3,5,7-10,20H2,1-2H3/t15?,16?,17?,18-,19?/m1/s1. The predicted octanol–water partition coefficient (Wildman–Crippen LogP) is 3.88. The fraction of sp³-hybridized carbons (Fsp3) is 0.684. The Morgan fingerprint density at radius 1 is 1.19 bits per heavy atom. The molecule has 5 atom stereocenters. The second kappa shape index (κ2) is 4.74. The maximum absolute atomic E-state index is 6.46. The maximum Gasteiger partial charge on any atom is 0.119 e. The quantitative estimate of drug-likeness (QED) is 0.850. The molecule has 0 amide bonds. The molecule has 4 rings (SSSR count). The van der Waals surface area contributed by atoms with Crippen molar-refractivity contribution in [2.45, 2.75) is 57.4 Å². The molecule has 4 unspecified atom stereocenters.